The first-order valence-electron chi connectivity index (χ1n) is 8.44. The molecule has 0 fully saturated rings. The van der Waals surface area contributed by atoms with Crippen molar-refractivity contribution in [2.24, 2.45) is 7.05 Å². The number of fused-ring (bicyclic) bond motifs is 1. The molecule has 4 aromatic rings. The fourth-order valence-electron chi connectivity index (χ4n) is 2.85. The minimum absolute atomic E-state index is 0.173. The van der Waals surface area contributed by atoms with Crippen molar-refractivity contribution >= 4 is 34.4 Å². The van der Waals surface area contributed by atoms with Gasteiger partial charge in [0, 0.05) is 18.1 Å². The number of aryl methyl sites for hydroxylation is 2. The third kappa shape index (κ3) is 3.39. The molecule has 0 radical (unpaired) electrons. The maximum absolute atomic E-state index is 12.5. The zero-order valence-electron chi connectivity index (χ0n) is 15.1. The molecule has 1 aromatic carbocycles. The quantitative estimate of drug-likeness (QED) is 0.547. The molecule has 0 unspecified atom stereocenters. The highest BCUT2D eigenvalue weighted by atomic mass is 35.5. The fourth-order valence-corrected chi connectivity index (χ4v) is 2.97. The third-order valence-corrected chi connectivity index (χ3v) is 4.42. The van der Waals surface area contributed by atoms with Crippen LogP contribution < -0.4 is 10.9 Å². The van der Waals surface area contributed by atoms with Crippen LogP contribution in [0.5, 0.6) is 0 Å². The first-order chi connectivity index (χ1) is 13.4. The number of carbonyl (C=O) groups is 1. The summed E-state index contributed by atoms with van der Waals surface area (Å²) in [6.45, 7) is 1.78. The van der Waals surface area contributed by atoms with Gasteiger partial charge in [0.25, 0.3) is 5.56 Å². The summed E-state index contributed by atoms with van der Waals surface area (Å²) in [7, 11) is 1.70. The lowest BCUT2D eigenvalue weighted by atomic mass is 10.1. The maximum Gasteiger partial charge on any atom is 0.263 e. The normalized spacial score (nSPS) is 11.1. The van der Waals surface area contributed by atoms with Crippen LogP contribution in [0.1, 0.15) is 11.3 Å². The summed E-state index contributed by atoms with van der Waals surface area (Å²) in [6, 6.07) is 8.75. The lowest BCUT2D eigenvalue weighted by molar-refractivity contribution is -0.115. The molecule has 4 rings (SSSR count). The summed E-state index contributed by atoms with van der Waals surface area (Å²) in [5, 5.41) is 12.2. The van der Waals surface area contributed by atoms with Crippen molar-refractivity contribution in [3.05, 3.63) is 63.2 Å². The van der Waals surface area contributed by atoms with E-state index in [-0.39, 0.29) is 23.8 Å². The highest BCUT2D eigenvalue weighted by Crippen LogP contribution is 2.16. The number of aromatic amines is 1. The smallest absolute Gasteiger partial charge is 0.263 e. The highest BCUT2D eigenvalue weighted by molar-refractivity contribution is 6.30. The molecule has 10 heteroatoms. The van der Waals surface area contributed by atoms with E-state index in [1.165, 1.54) is 15.6 Å². The number of hydrogen-bond acceptors (Lipinski definition) is 5. The molecule has 3 heterocycles. The summed E-state index contributed by atoms with van der Waals surface area (Å²) in [5.41, 5.74) is 1.58. The van der Waals surface area contributed by atoms with Crippen LogP contribution >= 0.6 is 11.6 Å². The van der Waals surface area contributed by atoms with Crippen LogP contribution in [0.4, 0.5) is 5.82 Å². The summed E-state index contributed by atoms with van der Waals surface area (Å²) >= 11 is 5.87. The Morgan fingerprint density at radius 1 is 1.29 bits per heavy atom. The van der Waals surface area contributed by atoms with Gasteiger partial charge in [0.1, 0.15) is 11.2 Å². The summed E-state index contributed by atoms with van der Waals surface area (Å²) < 4.78 is 2.89. The van der Waals surface area contributed by atoms with Crippen LogP contribution in [0, 0.1) is 6.92 Å². The number of halogens is 1. The molecule has 0 aliphatic carbocycles. The van der Waals surface area contributed by atoms with Gasteiger partial charge in [-0.3, -0.25) is 19.3 Å². The second kappa shape index (κ2) is 6.93. The van der Waals surface area contributed by atoms with Crippen molar-refractivity contribution in [2.75, 3.05) is 5.32 Å². The molecule has 0 spiro atoms. The number of nitrogens with one attached hydrogen (secondary N) is 2. The predicted molar refractivity (Wildman–Crippen MR) is 105 cm³/mol. The fraction of sp³-hybridized carbons (Fsp3) is 0.167. The number of amides is 1. The number of carbonyl (C=O) groups excluding carboxylic acids is 1. The van der Waals surface area contributed by atoms with Gasteiger partial charge in [0.05, 0.1) is 18.3 Å². The van der Waals surface area contributed by atoms with E-state index in [0.717, 1.165) is 5.56 Å². The van der Waals surface area contributed by atoms with Crippen molar-refractivity contribution in [2.45, 2.75) is 13.3 Å². The number of H-pyrrole nitrogens is 1. The predicted octanol–water partition coefficient (Wildman–Crippen LogP) is 1.99. The van der Waals surface area contributed by atoms with Gasteiger partial charge < -0.3 is 5.32 Å². The van der Waals surface area contributed by atoms with Gasteiger partial charge in [-0.2, -0.15) is 19.9 Å². The topological polar surface area (TPSA) is 110 Å². The molecule has 0 bridgehead atoms. The monoisotopic (exact) mass is 397 g/mol. The Hall–Kier alpha value is -3.46. The van der Waals surface area contributed by atoms with E-state index >= 15 is 0 Å². The Morgan fingerprint density at radius 3 is 2.79 bits per heavy atom. The maximum atomic E-state index is 12.5. The van der Waals surface area contributed by atoms with Crippen LogP contribution in [0.25, 0.3) is 17.0 Å². The second-order valence-corrected chi connectivity index (χ2v) is 6.77. The molecule has 0 saturated carbocycles. The second-order valence-electron chi connectivity index (χ2n) is 6.33. The molecular formula is C18H16ClN7O2. The molecule has 1 amide bonds. The highest BCUT2D eigenvalue weighted by Gasteiger charge is 2.15. The van der Waals surface area contributed by atoms with Gasteiger partial charge in [-0.15, -0.1) is 0 Å². The van der Waals surface area contributed by atoms with E-state index in [4.69, 9.17) is 11.6 Å². The number of aromatic nitrogens is 6. The van der Waals surface area contributed by atoms with Crippen molar-refractivity contribution in [1.82, 2.24) is 29.5 Å². The first kappa shape index (κ1) is 17.9. The van der Waals surface area contributed by atoms with Crippen LogP contribution in [-0.4, -0.2) is 35.4 Å². The number of rotatable bonds is 4. The Morgan fingerprint density at radius 2 is 2.04 bits per heavy atom. The zero-order valence-corrected chi connectivity index (χ0v) is 15.9. The van der Waals surface area contributed by atoms with Gasteiger partial charge in [-0.25, -0.2) is 0 Å². The number of nitrogens with zero attached hydrogens (tertiary/aromatic N) is 5. The van der Waals surface area contributed by atoms with Crippen LogP contribution in [0.15, 0.2) is 41.3 Å². The molecule has 0 atom stereocenters. The van der Waals surface area contributed by atoms with Crippen molar-refractivity contribution < 1.29 is 4.79 Å². The van der Waals surface area contributed by atoms with Gasteiger partial charge in [0.2, 0.25) is 11.9 Å². The lowest BCUT2D eigenvalue weighted by Gasteiger charge is -2.08. The van der Waals surface area contributed by atoms with E-state index < -0.39 is 0 Å². The Balaban J connectivity index is 1.65. The number of benzene rings is 1. The molecule has 142 valence electrons. The Kier molecular flexibility index (Phi) is 4.44. The summed E-state index contributed by atoms with van der Waals surface area (Å²) in [4.78, 5) is 31.9. The van der Waals surface area contributed by atoms with Gasteiger partial charge in [0.15, 0.2) is 5.65 Å². The molecule has 3 aromatic heterocycles. The largest absolute Gasteiger partial charge is 0.310 e. The van der Waals surface area contributed by atoms with E-state index in [9.17, 15) is 9.59 Å². The van der Waals surface area contributed by atoms with E-state index in [1.807, 2.05) is 0 Å². The van der Waals surface area contributed by atoms with Crippen LogP contribution in [-0.2, 0) is 18.3 Å². The molecular weight excluding hydrogens is 382 g/mol. The van der Waals surface area contributed by atoms with E-state index in [0.29, 0.717) is 27.6 Å². The van der Waals surface area contributed by atoms with Crippen LogP contribution in [0.2, 0.25) is 5.02 Å². The average molecular weight is 398 g/mol. The Bertz CT molecular complexity index is 1240. The van der Waals surface area contributed by atoms with Crippen molar-refractivity contribution in [1.29, 1.82) is 0 Å². The first-order valence-corrected chi connectivity index (χ1v) is 8.82. The third-order valence-electron chi connectivity index (χ3n) is 4.17. The van der Waals surface area contributed by atoms with Crippen molar-refractivity contribution in [3.8, 4) is 5.95 Å². The summed E-state index contributed by atoms with van der Waals surface area (Å²) in [6.07, 6.45) is 1.63. The van der Waals surface area contributed by atoms with Crippen molar-refractivity contribution in [3.63, 3.8) is 0 Å². The summed E-state index contributed by atoms with van der Waals surface area (Å²) in [5.74, 6) is 0.365. The van der Waals surface area contributed by atoms with Gasteiger partial charge >= 0.3 is 0 Å². The van der Waals surface area contributed by atoms with Gasteiger partial charge in [-0.05, 0) is 24.6 Å². The lowest BCUT2D eigenvalue weighted by Crippen LogP contribution is -2.20. The molecule has 2 N–H and O–H groups in total. The van der Waals surface area contributed by atoms with Crippen LogP contribution in [0.3, 0.4) is 0 Å². The Labute approximate surface area is 164 Å². The standard InChI is InChI=1S/C18H16ClN7O2/c1-10-7-14(21-15(27)8-11-3-5-12(19)6-4-11)26(24-10)18-22-16-13(17(28)23-18)9-20-25(16)2/h3-7,9H,8H2,1-2H3,(H,21,27)(H,22,23,28). The van der Waals surface area contributed by atoms with E-state index in [2.05, 4.69) is 25.5 Å². The molecule has 9 nitrogen and oxygen atoms in total. The SMILES string of the molecule is Cc1cc(NC(=O)Cc2ccc(Cl)cc2)n(-c2nc3c(cnn3C)c(=O)[nH]2)n1. The average Bonchev–Trinajstić information content (AvgIpc) is 3.20. The van der Waals surface area contributed by atoms with E-state index in [1.54, 1.807) is 44.3 Å². The zero-order chi connectivity index (χ0) is 19.8. The number of hydrogen-bond donors (Lipinski definition) is 2. The minimum atomic E-state index is -0.334. The molecule has 0 aliphatic rings. The molecule has 0 aliphatic heterocycles. The molecule has 0 saturated heterocycles. The minimum Gasteiger partial charge on any atom is -0.310 e. The molecule has 28 heavy (non-hydrogen) atoms. The van der Waals surface area contributed by atoms with Gasteiger partial charge in [-0.1, -0.05) is 23.7 Å². The number of anilines is 1.